The molecule has 0 bridgehead atoms. The van der Waals surface area contributed by atoms with Crippen LogP contribution in [-0.4, -0.2) is 19.4 Å². The molecular weight excluding hydrogens is 186 g/mol. The van der Waals surface area contributed by atoms with Gasteiger partial charge < -0.3 is 9.69 Å². The highest BCUT2D eigenvalue weighted by atomic mass is 16.1. The smallest absolute Gasteiger partial charge is 0.122 e. The fourth-order valence-electron chi connectivity index (χ4n) is 2.63. The highest BCUT2D eigenvalue weighted by Gasteiger charge is 2.27. The van der Waals surface area contributed by atoms with Crippen LogP contribution in [-0.2, 0) is 11.2 Å². The summed E-state index contributed by atoms with van der Waals surface area (Å²) in [5.74, 6) is 0. The topological polar surface area (TPSA) is 20.3 Å². The van der Waals surface area contributed by atoms with Crippen molar-refractivity contribution in [3.05, 3.63) is 28.8 Å². The van der Waals surface area contributed by atoms with Crippen molar-refractivity contribution in [3.8, 4) is 0 Å². The Bertz CT molecular complexity index is 398. The minimum atomic E-state index is 0.359. The predicted octanol–water partition coefficient (Wildman–Crippen LogP) is 2.25. The zero-order valence-electron chi connectivity index (χ0n) is 9.58. The average molecular weight is 203 g/mol. The van der Waals surface area contributed by atoms with Crippen molar-refractivity contribution >= 4 is 12.0 Å². The summed E-state index contributed by atoms with van der Waals surface area (Å²) in [4.78, 5) is 12.8. The number of benzene rings is 1. The van der Waals surface area contributed by atoms with Crippen molar-refractivity contribution in [2.75, 3.05) is 11.9 Å². The van der Waals surface area contributed by atoms with E-state index in [1.807, 2.05) is 0 Å². The molecule has 0 N–H and O–H groups in total. The quantitative estimate of drug-likeness (QED) is 0.687. The van der Waals surface area contributed by atoms with E-state index in [4.69, 9.17) is 0 Å². The Kier molecular flexibility index (Phi) is 2.51. The Morgan fingerprint density at radius 1 is 1.47 bits per heavy atom. The van der Waals surface area contributed by atoms with Crippen LogP contribution in [0.2, 0.25) is 0 Å². The Morgan fingerprint density at radius 2 is 2.20 bits per heavy atom. The van der Waals surface area contributed by atoms with Crippen molar-refractivity contribution in [2.24, 2.45) is 0 Å². The van der Waals surface area contributed by atoms with E-state index in [2.05, 4.69) is 37.9 Å². The number of hydrogen-bond donors (Lipinski definition) is 0. The molecule has 2 rings (SSSR count). The van der Waals surface area contributed by atoms with Crippen LogP contribution in [0.25, 0.3) is 0 Å². The van der Waals surface area contributed by atoms with Crippen LogP contribution < -0.4 is 4.90 Å². The van der Waals surface area contributed by atoms with Gasteiger partial charge in [-0.15, -0.1) is 0 Å². The highest BCUT2D eigenvalue weighted by molar-refractivity contribution is 5.66. The summed E-state index contributed by atoms with van der Waals surface area (Å²) >= 11 is 0. The van der Waals surface area contributed by atoms with E-state index < -0.39 is 0 Å². The fraction of sp³-hybridized carbons (Fsp3) is 0.462. The van der Waals surface area contributed by atoms with Gasteiger partial charge in [0.05, 0.1) is 0 Å². The molecule has 0 aliphatic carbocycles. The zero-order chi connectivity index (χ0) is 11.0. The first kappa shape index (κ1) is 10.2. The Hall–Kier alpha value is -1.31. The zero-order valence-corrected chi connectivity index (χ0v) is 9.58. The van der Waals surface area contributed by atoms with Crippen molar-refractivity contribution in [1.29, 1.82) is 0 Å². The maximum atomic E-state index is 10.6. The van der Waals surface area contributed by atoms with E-state index in [1.165, 1.54) is 22.4 Å². The molecule has 1 aliphatic rings. The van der Waals surface area contributed by atoms with Gasteiger partial charge >= 0.3 is 0 Å². The van der Waals surface area contributed by atoms with Gasteiger partial charge in [-0.3, -0.25) is 0 Å². The molecule has 0 radical (unpaired) electrons. The van der Waals surface area contributed by atoms with Crippen LogP contribution in [0.5, 0.6) is 0 Å². The second kappa shape index (κ2) is 3.69. The molecule has 1 unspecified atom stereocenters. The van der Waals surface area contributed by atoms with Crippen LogP contribution in [0.4, 0.5) is 5.69 Å². The third-order valence-electron chi connectivity index (χ3n) is 3.25. The third-order valence-corrected chi connectivity index (χ3v) is 3.25. The number of anilines is 1. The van der Waals surface area contributed by atoms with Crippen molar-refractivity contribution in [2.45, 2.75) is 32.7 Å². The lowest BCUT2D eigenvalue weighted by atomic mass is 10.0. The SMILES string of the molecule is Cc1cc(C)c2c(c1)CC(CC=O)N2C. The monoisotopic (exact) mass is 203 g/mol. The lowest BCUT2D eigenvalue weighted by Crippen LogP contribution is -2.28. The largest absolute Gasteiger partial charge is 0.370 e. The summed E-state index contributed by atoms with van der Waals surface area (Å²) in [6, 6.07) is 4.81. The van der Waals surface area contributed by atoms with Gasteiger partial charge in [0.15, 0.2) is 0 Å². The second-order valence-corrected chi connectivity index (χ2v) is 4.46. The van der Waals surface area contributed by atoms with E-state index in [1.54, 1.807) is 0 Å². The minimum absolute atomic E-state index is 0.359. The number of nitrogens with zero attached hydrogens (tertiary/aromatic N) is 1. The summed E-state index contributed by atoms with van der Waals surface area (Å²) in [6.45, 7) is 4.27. The maximum Gasteiger partial charge on any atom is 0.122 e. The summed E-state index contributed by atoms with van der Waals surface area (Å²) in [7, 11) is 2.09. The first-order valence-electron chi connectivity index (χ1n) is 5.40. The van der Waals surface area contributed by atoms with Gasteiger partial charge in [0.1, 0.15) is 6.29 Å². The number of hydrogen-bond acceptors (Lipinski definition) is 2. The number of aldehydes is 1. The molecule has 1 aliphatic heterocycles. The second-order valence-electron chi connectivity index (χ2n) is 4.46. The Morgan fingerprint density at radius 3 is 2.87 bits per heavy atom. The van der Waals surface area contributed by atoms with E-state index in [0.29, 0.717) is 12.5 Å². The lowest BCUT2D eigenvalue weighted by Gasteiger charge is -2.22. The first-order chi connectivity index (χ1) is 7.13. The first-order valence-corrected chi connectivity index (χ1v) is 5.40. The molecule has 2 heteroatoms. The maximum absolute atomic E-state index is 10.6. The fourth-order valence-corrected chi connectivity index (χ4v) is 2.63. The Balaban J connectivity index is 2.40. The van der Waals surface area contributed by atoms with Crippen molar-refractivity contribution in [1.82, 2.24) is 0 Å². The van der Waals surface area contributed by atoms with Crippen LogP contribution in [0, 0.1) is 13.8 Å². The standard InChI is InChI=1S/C13H17NO/c1-9-6-10(2)13-11(7-9)8-12(4-5-15)14(13)3/h5-7,12H,4,8H2,1-3H3. The molecule has 1 aromatic rings. The number of rotatable bonds is 2. The van der Waals surface area contributed by atoms with E-state index in [-0.39, 0.29) is 0 Å². The number of carbonyl (C=O) groups is 1. The summed E-state index contributed by atoms with van der Waals surface area (Å²) in [5.41, 5.74) is 5.35. The molecule has 0 fully saturated rings. The average Bonchev–Trinajstić information content (AvgIpc) is 2.43. The molecule has 1 atom stereocenters. The van der Waals surface area contributed by atoms with E-state index in [0.717, 1.165) is 12.7 Å². The molecule has 0 saturated carbocycles. The normalized spacial score (nSPS) is 19.1. The molecule has 2 nitrogen and oxygen atoms in total. The van der Waals surface area contributed by atoms with Crippen LogP contribution >= 0.6 is 0 Å². The van der Waals surface area contributed by atoms with Crippen LogP contribution in [0.15, 0.2) is 12.1 Å². The van der Waals surface area contributed by atoms with Gasteiger partial charge in [-0.2, -0.15) is 0 Å². The highest BCUT2D eigenvalue weighted by Crippen LogP contribution is 2.35. The third kappa shape index (κ3) is 1.65. The van der Waals surface area contributed by atoms with Crippen LogP contribution in [0.1, 0.15) is 23.1 Å². The molecular formula is C13H17NO. The molecule has 1 heterocycles. The van der Waals surface area contributed by atoms with Gasteiger partial charge in [0.25, 0.3) is 0 Å². The van der Waals surface area contributed by atoms with Gasteiger partial charge in [-0.1, -0.05) is 17.7 Å². The molecule has 0 spiro atoms. The van der Waals surface area contributed by atoms with Gasteiger partial charge in [-0.25, -0.2) is 0 Å². The van der Waals surface area contributed by atoms with Crippen molar-refractivity contribution < 1.29 is 4.79 Å². The number of aryl methyl sites for hydroxylation is 2. The molecule has 0 amide bonds. The summed E-state index contributed by atoms with van der Waals surface area (Å²) in [6.07, 6.45) is 2.66. The molecule has 80 valence electrons. The van der Waals surface area contributed by atoms with E-state index in [9.17, 15) is 4.79 Å². The molecule has 15 heavy (non-hydrogen) atoms. The van der Waals surface area contributed by atoms with Gasteiger partial charge in [0.2, 0.25) is 0 Å². The summed E-state index contributed by atoms with van der Waals surface area (Å²) < 4.78 is 0. The lowest BCUT2D eigenvalue weighted by molar-refractivity contribution is -0.108. The number of fused-ring (bicyclic) bond motifs is 1. The van der Waals surface area contributed by atoms with E-state index >= 15 is 0 Å². The molecule has 1 aromatic carbocycles. The van der Waals surface area contributed by atoms with Gasteiger partial charge in [0, 0.05) is 25.2 Å². The minimum Gasteiger partial charge on any atom is -0.370 e. The molecule has 0 aromatic heterocycles. The predicted molar refractivity (Wildman–Crippen MR) is 62.5 cm³/mol. The number of carbonyl (C=O) groups excluding carboxylic acids is 1. The van der Waals surface area contributed by atoms with Gasteiger partial charge in [-0.05, 0) is 31.4 Å². The molecule has 0 saturated heterocycles. The number of likely N-dealkylation sites (N-methyl/N-ethyl adjacent to an activating group) is 1. The van der Waals surface area contributed by atoms with Crippen LogP contribution in [0.3, 0.4) is 0 Å². The Labute approximate surface area is 90.9 Å². The van der Waals surface area contributed by atoms with Crippen molar-refractivity contribution in [3.63, 3.8) is 0 Å². The summed E-state index contributed by atoms with van der Waals surface area (Å²) in [5, 5.41) is 0.